The van der Waals surface area contributed by atoms with E-state index in [9.17, 15) is 0 Å². The van der Waals surface area contributed by atoms with Gasteiger partial charge in [0.15, 0.2) is 0 Å². The van der Waals surface area contributed by atoms with E-state index in [4.69, 9.17) is 4.74 Å². The summed E-state index contributed by atoms with van der Waals surface area (Å²) < 4.78 is 5.85. The van der Waals surface area contributed by atoms with Crippen LogP contribution in [0.25, 0.3) is 0 Å². The van der Waals surface area contributed by atoms with Crippen molar-refractivity contribution in [1.29, 1.82) is 0 Å². The zero-order valence-electron chi connectivity index (χ0n) is 9.47. The fraction of sp³-hybridized carbons (Fsp3) is 0.214. The van der Waals surface area contributed by atoms with Crippen LogP contribution in [0.3, 0.4) is 0 Å². The van der Waals surface area contributed by atoms with Crippen LogP contribution in [0.15, 0.2) is 48.8 Å². The molecule has 1 aromatic carbocycles. The van der Waals surface area contributed by atoms with E-state index in [-0.39, 0.29) is 6.10 Å². The summed E-state index contributed by atoms with van der Waals surface area (Å²) in [5, 5.41) is 3.36. The molecule has 1 aromatic heterocycles. The van der Waals surface area contributed by atoms with Crippen molar-refractivity contribution in [2.75, 3.05) is 11.9 Å². The molecule has 0 aliphatic carbocycles. The van der Waals surface area contributed by atoms with Gasteiger partial charge in [-0.05, 0) is 23.8 Å². The number of rotatable bonds is 3. The molecule has 0 amide bonds. The first-order valence-electron chi connectivity index (χ1n) is 5.80. The topological polar surface area (TPSA) is 34.2 Å². The predicted octanol–water partition coefficient (Wildman–Crippen LogP) is 2.50. The average Bonchev–Trinajstić information content (AvgIpc) is 2.80. The Hall–Kier alpha value is -2.03. The maximum Gasteiger partial charge on any atom is 0.123 e. The zero-order chi connectivity index (χ0) is 11.5. The summed E-state index contributed by atoms with van der Waals surface area (Å²) in [5.74, 6) is 1.02. The first-order chi connectivity index (χ1) is 8.42. The zero-order valence-corrected chi connectivity index (χ0v) is 9.47. The van der Waals surface area contributed by atoms with Crippen LogP contribution in [0, 0.1) is 0 Å². The third-order valence-electron chi connectivity index (χ3n) is 2.93. The van der Waals surface area contributed by atoms with Crippen molar-refractivity contribution in [2.45, 2.75) is 12.5 Å². The minimum atomic E-state index is 0.223. The smallest absolute Gasteiger partial charge is 0.123 e. The predicted molar refractivity (Wildman–Crippen MR) is 67.3 cm³/mol. The normalized spacial score (nSPS) is 17.3. The molecule has 17 heavy (non-hydrogen) atoms. The fourth-order valence-corrected chi connectivity index (χ4v) is 2.07. The molecule has 86 valence electrons. The van der Waals surface area contributed by atoms with E-state index in [0.29, 0.717) is 0 Å². The lowest BCUT2D eigenvalue weighted by molar-refractivity contribution is 0.246. The van der Waals surface area contributed by atoms with E-state index in [1.807, 2.05) is 24.3 Å². The van der Waals surface area contributed by atoms with Crippen molar-refractivity contribution in [2.24, 2.45) is 0 Å². The number of nitrogens with zero attached hydrogens (tertiary/aromatic N) is 1. The van der Waals surface area contributed by atoms with E-state index in [1.54, 1.807) is 12.4 Å². The van der Waals surface area contributed by atoms with E-state index >= 15 is 0 Å². The number of benzene rings is 1. The maximum absolute atomic E-state index is 5.85. The van der Waals surface area contributed by atoms with E-state index in [2.05, 4.69) is 22.4 Å². The van der Waals surface area contributed by atoms with Crippen molar-refractivity contribution in [3.63, 3.8) is 0 Å². The van der Waals surface area contributed by atoms with E-state index < -0.39 is 0 Å². The summed E-state index contributed by atoms with van der Waals surface area (Å²) >= 11 is 0. The van der Waals surface area contributed by atoms with Crippen molar-refractivity contribution in [3.05, 3.63) is 54.4 Å². The Morgan fingerprint density at radius 1 is 1.18 bits per heavy atom. The number of hydrogen-bond acceptors (Lipinski definition) is 3. The third-order valence-corrected chi connectivity index (χ3v) is 2.93. The van der Waals surface area contributed by atoms with Gasteiger partial charge in [0.2, 0.25) is 0 Å². The molecule has 1 N–H and O–H groups in total. The van der Waals surface area contributed by atoms with Gasteiger partial charge in [0, 0.05) is 24.5 Å². The number of aromatic nitrogens is 1. The number of ether oxygens (including phenoxy) is 1. The van der Waals surface area contributed by atoms with Crippen LogP contribution in [-0.2, 0) is 6.42 Å². The van der Waals surface area contributed by atoms with Crippen LogP contribution < -0.4 is 10.1 Å². The highest BCUT2D eigenvalue weighted by Crippen LogP contribution is 2.28. The summed E-state index contributed by atoms with van der Waals surface area (Å²) in [7, 11) is 0. The lowest BCUT2D eigenvalue weighted by atomic mass is 10.1. The number of hydrogen-bond donors (Lipinski definition) is 1. The van der Waals surface area contributed by atoms with Crippen molar-refractivity contribution >= 4 is 5.69 Å². The largest absolute Gasteiger partial charge is 0.488 e. The summed E-state index contributed by atoms with van der Waals surface area (Å²) in [6.45, 7) is 0.818. The molecule has 0 saturated carbocycles. The van der Waals surface area contributed by atoms with Crippen LogP contribution in [0.4, 0.5) is 5.69 Å². The van der Waals surface area contributed by atoms with Gasteiger partial charge >= 0.3 is 0 Å². The Balaban J connectivity index is 1.59. The summed E-state index contributed by atoms with van der Waals surface area (Å²) in [5.41, 5.74) is 2.38. The molecule has 0 fully saturated rings. The van der Waals surface area contributed by atoms with Gasteiger partial charge in [0.25, 0.3) is 0 Å². The summed E-state index contributed by atoms with van der Waals surface area (Å²) in [4.78, 5) is 3.99. The van der Waals surface area contributed by atoms with Gasteiger partial charge in [0.05, 0.1) is 6.54 Å². The van der Waals surface area contributed by atoms with Crippen LogP contribution in [0.2, 0.25) is 0 Å². The maximum atomic E-state index is 5.85. The minimum absolute atomic E-state index is 0.223. The van der Waals surface area contributed by atoms with Crippen LogP contribution >= 0.6 is 0 Å². The number of para-hydroxylation sites is 1. The molecule has 3 nitrogen and oxygen atoms in total. The first-order valence-corrected chi connectivity index (χ1v) is 5.80. The molecule has 3 heteroatoms. The second kappa shape index (κ2) is 4.45. The molecular formula is C14H14N2O. The van der Waals surface area contributed by atoms with Crippen molar-refractivity contribution in [3.8, 4) is 5.75 Å². The lowest BCUT2D eigenvalue weighted by Crippen LogP contribution is -2.23. The molecule has 3 rings (SSSR count). The van der Waals surface area contributed by atoms with Gasteiger partial charge in [0.1, 0.15) is 11.9 Å². The van der Waals surface area contributed by atoms with Gasteiger partial charge in [-0.1, -0.05) is 18.2 Å². The fourth-order valence-electron chi connectivity index (χ4n) is 2.07. The molecule has 2 heterocycles. The van der Waals surface area contributed by atoms with Gasteiger partial charge in [-0.3, -0.25) is 4.98 Å². The second-order valence-corrected chi connectivity index (χ2v) is 4.17. The molecule has 0 saturated heterocycles. The Morgan fingerprint density at radius 3 is 2.82 bits per heavy atom. The molecule has 1 unspecified atom stereocenters. The number of pyridine rings is 1. The van der Waals surface area contributed by atoms with Gasteiger partial charge in [-0.15, -0.1) is 0 Å². The number of fused-ring (bicyclic) bond motifs is 1. The highest BCUT2D eigenvalue weighted by molar-refractivity contribution is 5.42. The monoisotopic (exact) mass is 226 g/mol. The van der Waals surface area contributed by atoms with Crippen LogP contribution in [0.1, 0.15) is 5.56 Å². The number of nitrogens with one attached hydrogen (secondary N) is 1. The molecule has 1 atom stereocenters. The van der Waals surface area contributed by atoms with E-state index in [1.165, 1.54) is 5.56 Å². The number of anilines is 1. The molecule has 0 radical (unpaired) electrons. The Morgan fingerprint density at radius 2 is 2.00 bits per heavy atom. The van der Waals surface area contributed by atoms with Gasteiger partial charge in [-0.2, -0.15) is 0 Å². The Bertz CT molecular complexity index is 474. The van der Waals surface area contributed by atoms with Gasteiger partial charge in [-0.25, -0.2) is 0 Å². The Labute approximate surface area is 100 Å². The molecule has 0 spiro atoms. The Kier molecular flexibility index (Phi) is 2.66. The highest BCUT2D eigenvalue weighted by atomic mass is 16.5. The second-order valence-electron chi connectivity index (χ2n) is 4.17. The molecule has 0 bridgehead atoms. The summed E-state index contributed by atoms with van der Waals surface area (Å²) in [6.07, 6.45) is 4.77. The summed E-state index contributed by atoms with van der Waals surface area (Å²) in [6, 6.07) is 12.1. The molecule has 2 aromatic rings. The molecule has 1 aliphatic rings. The van der Waals surface area contributed by atoms with Crippen molar-refractivity contribution in [1.82, 2.24) is 4.98 Å². The van der Waals surface area contributed by atoms with E-state index in [0.717, 1.165) is 24.4 Å². The average molecular weight is 226 g/mol. The highest BCUT2D eigenvalue weighted by Gasteiger charge is 2.21. The van der Waals surface area contributed by atoms with Gasteiger partial charge < -0.3 is 10.1 Å². The standard InChI is InChI=1S/C14H14N2O/c1-2-4-14-11(3-1)9-13(17-14)10-16-12-5-7-15-8-6-12/h1-8,13H,9-10H2,(H,15,16). The van der Waals surface area contributed by atoms with Crippen LogP contribution in [0.5, 0.6) is 5.75 Å². The first kappa shape index (κ1) is 10.1. The quantitative estimate of drug-likeness (QED) is 0.873. The SMILES string of the molecule is c1ccc2c(c1)CC(CNc1ccncc1)O2. The lowest BCUT2D eigenvalue weighted by Gasteiger charge is -2.12. The minimum Gasteiger partial charge on any atom is -0.488 e. The van der Waals surface area contributed by atoms with Crippen LogP contribution in [-0.4, -0.2) is 17.6 Å². The molecule has 1 aliphatic heterocycles. The third kappa shape index (κ3) is 2.23. The molecular weight excluding hydrogens is 212 g/mol. The van der Waals surface area contributed by atoms with Crippen molar-refractivity contribution < 1.29 is 4.74 Å².